The molecule has 0 saturated carbocycles. The second kappa shape index (κ2) is 8.94. The lowest BCUT2D eigenvalue weighted by molar-refractivity contribution is -0.121. The summed E-state index contributed by atoms with van der Waals surface area (Å²) in [6.07, 6.45) is 1.75. The van der Waals surface area contributed by atoms with E-state index in [2.05, 4.69) is 32.5 Å². The van der Waals surface area contributed by atoms with Crippen molar-refractivity contribution in [2.75, 3.05) is 20.6 Å². The molecule has 2 aromatic rings. The number of hydrogen-bond acceptors (Lipinski definition) is 5. The molecule has 0 saturated heterocycles. The smallest absolute Gasteiger partial charge is 0.226 e. The summed E-state index contributed by atoms with van der Waals surface area (Å²) in [5.74, 6) is 1.34. The van der Waals surface area contributed by atoms with Crippen LogP contribution in [0.25, 0.3) is 0 Å². The maximum atomic E-state index is 12.2. The fourth-order valence-electron chi connectivity index (χ4n) is 2.63. The zero-order valence-electron chi connectivity index (χ0n) is 16.5. The third-order valence-electron chi connectivity index (χ3n) is 4.23. The quantitative estimate of drug-likeness (QED) is 0.785. The fourth-order valence-corrected chi connectivity index (χ4v) is 2.63. The van der Waals surface area contributed by atoms with Gasteiger partial charge in [0.25, 0.3) is 0 Å². The Balaban J connectivity index is 1.77. The summed E-state index contributed by atoms with van der Waals surface area (Å²) in [5.41, 5.74) is 1.07. The summed E-state index contributed by atoms with van der Waals surface area (Å²) >= 11 is 0. The van der Waals surface area contributed by atoms with Gasteiger partial charge >= 0.3 is 0 Å². The van der Waals surface area contributed by atoms with Gasteiger partial charge in [-0.25, -0.2) is 0 Å². The third kappa shape index (κ3) is 5.95. The largest absolute Gasteiger partial charge is 0.354 e. The molecule has 0 bridgehead atoms. The minimum absolute atomic E-state index is 0.0448. The highest BCUT2D eigenvalue weighted by Crippen LogP contribution is 2.19. The van der Waals surface area contributed by atoms with Crippen LogP contribution >= 0.6 is 0 Å². The average Bonchev–Trinajstić information content (AvgIpc) is 3.05. The number of carbonyl (C=O) groups excluding carboxylic acids is 1. The Labute approximate surface area is 156 Å². The molecule has 1 atom stereocenters. The maximum absolute atomic E-state index is 12.2. The molecule has 0 fully saturated rings. The van der Waals surface area contributed by atoms with Crippen molar-refractivity contribution in [3.63, 3.8) is 0 Å². The van der Waals surface area contributed by atoms with Crippen molar-refractivity contribution in [1.29, 1.82) is 0 Å². The van der Waals surface area contributed by atoms with E-state index in [1.807, 2.05) is 53.1 Å². The third-order valence-corrected chi connectivity index (χ3v) is 4.23. The number of rotatable bonds is 8. The molecule has 1 unspecified atom stereocenters. The second-order valence-corrected chi connectivity index (χ2v) is 7.81. The van der Waals surface area contributed by atoms with Crippen molar-refractivity contribution in [3.05, 3.63) is 47.6 Å². The van der Waals surface area contributed by atoms with Gasteiger partial charge < -0.3 is 14.7 Å². The average molecular weight is 358 g/mol. The number of carbonyl (C=O) groups is 1. The van der Waals surface area contributed by atoms with Crippen LogP contribution in [0.4, 0.5) is 0 Å². The van der Waals surface area contributed by atoms with E-state index in [1.165, 1.54) is 5.56 Å². The number of aryl methyl sites for hydroxylation is 1. The molecule has 2 rings (SSSR count). The lowest BCUT2D eigenvalue weighted by Crippen LogP contribution is -2.34. The maximum Gasteiger partial charge on any atom is 0.226 e. The summed E-state index contributed by atoms with van der Waals surface area (Å²) in [6, 6.07) is 10.4. The van der Waals surface area contributed by atoms with E-state index in [9.17, 15) is 4.79 Å². The highest BCUT2D eigenvalue weighted by molar-refractivity contribution is 5.75. The number of likely N-dealkylation sites (N-methyl/N-ethyl adjacent to an activating group) is 1. The summed E-state index contributed by atoms with van der Waals surface area (Å²) in [6.45, 7) is 6.72. The zero-order chi connectivity index (χ0) is 19.2. The molecule has 1 aromatic heterocycles. The van der Waals surface area contributed by atoms with Gasteiger partial charge in [-0.1, -0.05) is 56.3 Å². The van der Waals surface area contributed by atoms with Crippen LogP contribution in [0.2, 0.25) is 0 Å². The Morgan fingerprint density at radius 1 is 1.23 bits per heavy atom. The van der Waals surface area contributed by atoms with Crippen LogP contribution in [0.3, 0.4) is 0 Å². The van der Waals surface area contributed by atoms with Crippen LogP contribution in [0, 0.1) is 0 Å². The molecule has 0 aliphatic heterocycles. The summed E-state index contributed by atoms with van der Waals surface area (Å²) in [7, 11) is 4.04. The fraction of sp³-hybridized carbons (Fsp3) is 0.550. The first-order valence-electron chi connectivity index (χ1n) is 9.08. The molecule has 0 spiro atoms. The number of amides is 1. The van der Waals surface area contributed by atoms with E-state index < -0.39 is 0 Å². The molecule has 1 N–H and O–H groups in total. The van der Waals surface area contributed by atoms with Crippen LogP contribution in [-0.4, -0.2) is 41.6 Å². The van der Waals surface area contributed by atoms with Crippen molar-refractivity contribution < 1.29 is 9.32 Å². The Hall–Kier alpha value is -2.21. The van der Waals surface area contributed by atoms with Crippen LogP contribution < -0.4 is 5.32 Å². The summed E-state index contributed by atoms with van der Waals surface area (Å²) in [4.78, 5) is 18.7. The van der Waals surface area contributed by atoms with Crippen molar-refractivity contribution in [3.8, 4) is 0 Å². The lowest BCUT2D eigenvalue weighted by atomic mass is 9.96. The summed E-state index contributed by atoms with van der Waals surface area (Å²) < 4.78 is 5.26. The standard InChI is InChI=1S/C20H30N4O2/c1-20(2,3)19-22-18(26-23-19)13-9-12-17(25)21-14-16(24(4)5)15-10-7-6-8-11-15/h6-8,10-11,16H,9,12-14H2,1-5H3,(H,21,25). The van der Waals surface area contributed by atoms with Gasteiger partial charge in [-0.15, -0.1) is 0 Å². The Kier molecular flexibility index (Phi) is 6.91. The number of aromatic nitrogens is 2. The molecule has 1 heterocycles. The van der Waals surface area contributed by atoms with E-state index in [0.29, 0.717) is 37.5 Å². The normalized spacial score (nSPS) is 13.0. The SMILES string of the molecule is CN(C)C(CNC(=O)CCCc1nc(C(C)(C)C)no1)c1ccccc1. The topological polar surface area (TPSA) is 71.3 Å². The Morgan fingerprint density at radius 3 is 2.50 bits per heavy atom. The monoisotopic (exact) mass is 358 g/mol. The summed E-state index contributed by atoms with van der Waals surface area (Å²) in [5, 5.41) is 7.04. The molecule has 142 valence electrons. The lowest BCUT2D eigenvalue weighted by Gasteiger charge is -2.25. The van der Waals surface area contributed by atoms with Gasteiger partial charge in [-0.05, 0) is 26.1 Å². The van der Waals surface area contributed by atoms with E-state index in [0.717, 1.165) is 0 Å². The van der Waals surface area contributed by atoms with Gasteiger partial charge in [0.15, 0.2) is 5.82 Å². The van der Waals surface area contributed by atoms with Crippen molar-refractivity contribution in [2.24, 2.45) is 0 Å². The molecule has 1 aromatic carbocycles. The molecule has 26 heavy (non-hydrogen) atoms. The minimum atomic E-state index is -0.127. The molecule has 0 aliphatic rings. The van der Waals surface area contributed by atoms with Gasteiger partial charge in [-0.3, -0.25) is 4.79 Å². The number of hydrogen-bond donors (Lipinski definition) is 1. The highest BCUT2D eigenvalue weighted by Gasteiger charge is 2.21. The molecule has 0 radical (unpaired) electrons. The van der Waals surface area contributed by atoms with Crippen LogP contribution in [0.5, 0.6) is 0 Å². The van der Waals surface area contributed by atoms with Gasteiger partial charge in [-0.2, -0.15) is 4.98 Å². The number of nitrogens with one attached hydrogen (secondary N) is 1. The number of benzene rings is 1. The molecule has 6 nitrogen and oxygen atoms in total. The van der Waals surface area contributed by atoms with Gasteiger partial charge in [0.1, 0.15) is 0 Å². The minimum Gasteiger partial charge on any atom is -0.354 e. The van der Waals surface area contributed by atoms with Crippen LogP contribution in [0.1, 0.15) is 56.9 Å². The Bertz CT molecular complexity index is 689. The molecule has 1 amide bonds. The van der Waals surface area contributed by atoms with E-state index in [-0.39, 0.29) is 17.4 Å². The first-order valence-corrected chi connectivity index (χ1v) is 9.08. The molecule has 6 heteroatoms. The molecular formula is C20H30N4O2. The predicted octanol–water partition coefficient (Wildman–Crippen LogP) is 3.11. The van der Waals surface area contributed by atoms with Crippen LogP contribution in [0.15, 0.2) is 34.9 Å². The first kappa shape index (κ1) is 20.1. The van der Waals surface area contributed by atoms with Gasteiger partial charge in [0.2, 0.25) is 11.8 Å². The van der Waals surface area contributed by atoms with Crippen molar-refractivity contribution in [1.82, 2.24) is 20.4 Å². The second-order valence-electron chi connectivity index (χ2n) is 7.81. The van der Waals surface area contributed by atoms with Crippen LogP contribution in [-0.2, 0) is 16.6 Å². The first-order chi connectivity index (χ1) is 12.3. The molecular weight excluding hydrogens is 328 g/mol. The highest BCUT2D eigenvalue weighted by atomic mass is 16.5. The number of nitrogens with zero attached hydrogens (tertiary/aromatic N) is 3. The van der Waals surface area contributed by atoms with Crippen molar-refractivity contribution in [2.45, 2.75) is 51.5 Å². The Morgan fingerprint density at radius 2 is 1.92 bits per heavy atom. The van der Waals surface area contributed by atoms with Gasteiger partial charge in [0.05, 0.1) is 6.04 Å². The molecule has 0 aliphatic carbocycles. The predicted molar refractivity (Wildman–Crippen MR) is 102 cm³/mol. The zero-order valence-corrected chi connectivity index (χ0v) is 16.5. The van der Waals surface area contributed by atoms with Crippen molar-refractivity contribution >= 4 is 5.91 Å². The van der Waals surface area contributed by atoms with E-state index >= 15 is 0 Å². The van der Waals surface area contributed by atoms with Gasteiger partial charge in [0, 0.05) is 24.8 Å². The van der Waals surface area contributed by atoms with E-state index in [4.69, 9.17) is 4.52 Å². The van der Waals surface area contributed by atoms with E-state index in [1.54, 1.807) is 0 Å².